The minimum absolute atomic E-state index is 0.117. The zero-order valence-electron chi connectivity index (χ0n) is 9.08. The molecule has 16 heavy (non-hydrogen) atoms. The molecule has 0 atom stereocenters. The molecule has 84 valence electrons. The highest BCUT2D eigenvalue weighted by molar-refractivity contribution is 5.67. The van der Waals surface area contributed by atoms with Gasteiger partial charge in [0.1, 0.15) is 5.82 Å². The van der Waals surface area contributed by atoms with Crippen LogP contribution in [0.5, 0.6) is 0 Å². The van der Waals surface area contributed by atoms with Gasteiger partial charge in [0.25, 0.3) is 0 Å². The molecule has 0 fully saturated rings. The average Bonchev–Trinajstić information content (AvgIpc) is 2.63. The Morgan fingerprint density at radius 1 is 1.44 bits per heavy atom. The van der Waals surface area contributed by atoms with E-state index < -0.39 is 0 Å². The van der Waals surface area contributed by atoms with Gasteiger partial charge in [0.15, 0.2) is 0 Å². The maximum absolute atomic E-state index is 11.0. The third-order valence-corrected chi connectivity index (χ3v) is 2.47. The molecule has 0 aromatic carbocycles. The normalized spacial score (nSPS) is 10.6. The predicted octanol–water partition coefficient (Wildman–Crippen LogP) is 1.30. The van der Waals surface area contributed by atoms with Gasteiger partial charge in [0.05, 0.1) is 5.69 Å². The molecule has 0 bridgehead atoms. The molecule has 0 spiro atoms. The fourth-order valence-corrected chi connectivity index (χ4v) is 1.69. The van der Waals surface area contributed by atoms with Crippen LogP contribution in [0.25, 0.3) is 11.3 Å². The van der Waals surface area contributed by atoms with Crippen molar-refractivity contribution in [3.8, 4) is 11.3 Å². The van der Waals surface area contributed by atoms with Crippen molar-refractivity contribution in [3.05, 3.63) is 34.2 Å². The summed E-state index contributed by atoms with van der Waals surface area (Å²) in [5, 5.41) is 6.89. The first kappa shape index (κ1) is 10.5. The summed E-state index contributed by atoms with van der Waals surface area (Å²) >= 11 is 0. The second-order valence-corrected chi connectivity index (χ2v) is 3.65. The fourth-order valence-electron chi connectivity index (χ4n) is 1.69. The van der Waals surface area contributed by atoms with Crippen LogP contribution in [-0.2, 0) is 6.42 Å². The van der Waals surface area contributed by atoms with Crippen LogP contribution < -0.4 is 11.3 Å². The lowest BCUT2D eigenvalue weighted by molar-refractivity contribution is 0.926. The molecule has 2 aromatic rings. The van der Waals surface area contributed by atoms with Gasteiger partial charge in [-0.2, -0.15) is 5.10 Å². The van der Waals surface area contributed by atoms with E-state index in [-0.39, 0.29) is 5.56 Å². The second-order valence-electron chi connectivity index (χ2n) is 3.65. The van der Waals surface area contributed by atoms with Crippen LogP contribution in [0, 0.1) is 0 Å². The van der Waals surface area contributed by atoms with Crippen LogP contribution in [0.15, 0.2) is 23.1 Å². The van der Waals surface area contributed by atoms with Gasteiger partial charge < -0.3 is 10.7 Å². The van der Waals surface area contributed by atoms with Gasteiger partial charge in [-0.05, 0) is 12.5 Å². The maximum atomic E-state index is 11.0. The molecule has 0 aliphatic rings. The Bertz CT molecular complexity index is 521. The molecule has 0 saturated carbocycles. The third-order valence-electron chi connectivity index (χ3n) is 2.47. The van der Waals surface area contributed by atoms with Gasteiger partial charge in [-0.15, -0.1) is 0 Å². The summed E-state index contributed by atoms with van der Waals surface area (Å²) < 4.78 is 0. The summed E-state index contributed by atoms with van der Waals surface area (Å²) in [5.41, 5.74) is 8.45. The van der Waals surface area contributed by atoms with Crippen molar-refractivity contribution in [2.45, 2.75) is 19.8 Å². The van der Waals surface area contributed by atoms with Crippen LogP contribution in [0.3, 0.4) is 0 Å². The lowest BCUT2D eigenvalue weighted by atomic mass is 10.1. The van der Waals surface area contributed by atoms with Gasteiger partial charge in [0.2, 0.25) is 5.56 Å². The fraction of sp³-hybridized carbons (Fsp3) is 0.273. The van der Waals surface area contributed by atoms with Crippen molar-refractivity contribution in [1.82, 2.24) is 15.2 Å². The van der Waals surface area contributed by atoms with Gasteiger partial charge in [-0.3, -0.25) is 9.89 Å². The number of nitrogens with one attached hydrogen (secondary N) is 2. The molecule has 4 N–H and O–H groups in total. The molecule has 5 heteroatoms. The maximum Gasteiger partial charge on any atom is 0.247 e. The molecule has 0 aliphatic heterocycles. The van der Waals surface area contributed by atoms with Crippen molar-refractivity contribution in [2.24, 2.45) is 0 Å². The first-order valence-corrected chi connectivity index (χ1v) is 5.24. The minimum atomic E-state index is -0.117. The molecule has 0 amide bonds. The van der Waals surface area contributed by atoms with Crippen molar-refractivity contribution < 1.29 is 0 Å². The Morgan fingerprint density at radius 3 is 2.88 bits per heavy atom. The van der Waals surface area contributed by atoms with Gasteiger partial charge in [-0.25, -0.2) is 0 Å². The van der Waals surface area contributed by atoms with E-state index in [1.807, 2.05) is 0 Å². The largest absolute Gasteiger partial charge is 0.382 e. The number of H-pyrrole nitrogens is 2. The molecule has 5 nitrogen and oxygen atoms in total. The van der Waals surface area contributed by atoms with Crippen LogP contribution in [-0.4, -0.2) is 15.2 Å². The van der Waals surface area contributed by atoms with E-state index in [1.54, 1.807) is 12.3 Å². The Hall–Kier alpha value is -2.04. The first-order chi connectivity index (χ1) is 7.72. The monoisotopic (exact) mass is 218 g/mol. The van der Waals surface area contributed by atoms with Crippen LogP contribution >= 0.6 is 0 Å². The van der Waals surface area contributed by atoms with E-state index in [1.165, 1.54) is 6.07 Å². The summed E-state index contributed by atoms with van der Waals surface area (Å²) in [6.45, 7) is 2.09. The summed E-state index contributed by atoms with van der Waals surface area (Å²) in [6.07, 6.45) is 3.53. The Kier molecular flexibility index (Phi) is 2.76. The summed E-state index contributed by atoms with van der Waals surface area (Å²) in [6, 6.07) is 3.24. The number of hydrogen-bond donors (Lipinski definition) is 3. The first-order valence-electron chi connectivity index (χ1n) is 5.24. The van der Waals surface area contributed by atoms with Crippen LogP contribution in [0.4, 0.5) is 5.82 Å². The summed E-state index contributed by atoms with van der Waals surface area (Å²) in [7, 11) is 0. The topological polar surface area (TPSA) is 87.6 Å². The second kappa shape index (κ2) is 4.22. The van der Waals surface area contributed by atoms with Crippen molar-refractivity contribution >= 4 is 5.82 Å². The highest BCUT2D eigenvalue weighted by Gasteiger charge is 2.11. The van der Waals surface area contributed by atoms with Crippen molar-refractivity contribution in [1.29, 1.82) is 0 Å². The van der Waals surface area contributed by atoms with Gasteiger partial charge >= 0.3 is 0 Å². The van der Waals surface area contributed by atoms with Crippen LogP contribution in [0.2, 0.25) is 0 Å². The highest BCUT2D eigenvalue weighted by atomic mass is 16.1. The number of nitrogen functional groups attached to an aromatic ring is 1. The number of rotatable bonds is 3. The number of hydrogen-bond acceptors (Lipinski definition) is 3. The third kappa shape index (κ3) is 1.84. The average molecular weight is 218 g/mol. The molecule has 0 unspecified atom stereocenters. The van der Waals surface area contributed by atoms with E-state index in [2.05, 4.69) is 22.1 Å². The van der Waals surface area contributed by atoms with Crippen LogP contribution in [0.1, 0.15) is 18.9 Å². The van der Waals surface area contributed by atoms with E-state index in [9.17, 15) is 4.79 Å². The molecule has 0 aliphatic carbocycles. The summed E-state index contributed by atoms with van der Waals surface area (Å²) in [5.74, 6) is 0.531. The predicted molar refractivity (Wildman–Crippen MR) is 63.1 cm³/mol. The number of anilines is 1. The number of pyridine rings is 1. The Morgan fingerprint density at radius 2 is 2.25 bits per heavy atom. The highest BCUT2D eigenvalue weighted by Crippen LogP contribution is 2.25. The SMILES string of the molecule is CCCc1c(N)n[nH]c1-c1ccc(=O)[nH]c1. The van der Waals surface area contributed by atoms with E-state index in [4.69, 9.17) is 5.73 Å². The lowest BCUT2D eigenvalue weighted by Gasteiger charge is -2.01. The van der Waals surface area contributed by atoms with Gasteiger partial charge in [-0.1, -0.05) is 13.3 Å². The van der Waals surface area contributed by atoms with E-state index in [0.717, 1.165) is 29.7 Å². The quantitative estimate of drug-likeness (QED) is 0.725. The molecule has 2 aromatic heterocycles. The van der Waals surface area contributed by atoms with Crippen molar-refractivity contribution in [2.75, 3.05) is 5.73 Å². The molecule has 2 heterocycles. The van der Waals surface area contributed by atoms with E-state index >= 15 is 0 Å². The number of nitrogens with zero attached hydrogens (tertiary/aromatic N) is 1. The number of nitrogens with two attached hydrogens (primary N) is 1. The zero-order chi connectivity index (χ0) is 11.5. The Labute approximate surface area is 92.7 Å². The van der Waals surface area contributed by atoms with E-state index in [0.29, 0.717) is 5.82 Å². The lowest BCUT2D eigenvalue weighted by Crippen LogP contribution is -2.02. The number of aromatic nitrogens is 3. The summed E-state index contributed by atoms with van der Waals surface area (Å²) in [4.78, 5) is 13.6. The smallest absolute Gasteiger partial charge is 0.247 e. The minimum Gasteiger partial charge on any atom is -0.382 e. The number of aromatic amines is 2. The Balaban J connectivity index is 2.47. The van der Waals surface area contributed by atoms with Gasteiger partial charge in [0, 0.05) is 23.4 Å². The molecule has 2 rings (SSSR count). The molecule has 0 radical (unpaired) electrons. The molecule has 0 saturated heterocycles. The van der Waals surface area contributed by atoms with Crippen molar-refractivity contribution in [3.63, 3.8) is 0 Å². The standard InChI is InChI=1S/C11H14N4O/c1-2-3-8-10(14-15-11(8)12)7-4-5-9(16)13-6-7/h4-6H,2-3H2,1H3,(H,13,16)(H3,12,14,15). The molecular formula is C11H14N4O. The zero-order valence-corrected chi connectivity index (χ0v) is 9.08. The molecular weight excluding hydrogens is 204 g/mol.